The summed E-state index contributed by atoms with van der Waals surface area (Å²) in [5.41, 5.74) is 0.0915. The summed E-state index contributed by atoms with van der Waals surface area (Å²) in [6.07, 6.45) is 1.03. The fourth-order valence-corrected chi connectivity index (χ4v) is 2.75. The molecule has 1 fully saturated rings. The van der Waals surface area contributed by atoms with Gasteiger partial charge in [-0.15, -0.1) is 6.42 Å². The van der Waals surface area contributed by atoms with Crippen molar-refractivity contribution in [3.8, 4) is 12.3 Å². The Hall–Kier alpha value is -1.76. The second kappa shape index (κ2) is 7.42. The smallest absolute Gasteiger partial charge is 0.396 e. The van der Waals surface area contributed by atoms with Crippen LogP contribution in [-0.2, 0) is 0 Å². The van der Waals surface area contributed by atoms with E-state index in [1.807, 2.05) is 5.32 Å². The van der Waals surface area contributed by atoms with Crippen molar-refractivity contribution < 1.29 is 23.4 Å². The van der Waals surface area contributed by atoms with E-state index < -0.39 is 24.9 Å². The van der Waals surface area contributed by atoms with Crippen molar-refractivity contribution in [3.05, 3.63) is 10.7 Å². The summed E-state index contributed by atoms with van der Waals surface area (Å²) in [7, 11) is 0. The molecule has 1 heterocycles. The van der Waals surface area contributed by atoms with E-state index in [0.717, 1.165) is 0 Å². The maximum Gasteiger partial charge on any atom is 0.405 e. The number of alkyl halides is 3. The predicted octanol–water partition coefficient (Wildman–Crippen LogP) is 1.63. The zero-order valence-electron chi connectivity index (χ0n) is 12.4. The highest BCUT2D eigenvalue weighted by Gasteiger charge is 2.33. The predicted molar refractivity (Wildman–Crippen MR) is 82.7 cm³/mol. The maximum absolute atomic E-state index is 12.3. The summed E-state index contributed by atoms with van der Waals surface area (Å²) in [4.78, 5) is 7.61. The highest BCUT2D eigenvalue weighted by Crippen LogP contribution is 2.30. The van der Waals surface area contributed by atoms with E-state index in [-0.39, 0.29) is 35.0 Å². The van der Waals surface area contributed by atoms with Crippen LogP contribution in [0.15, 0.2) is 0 Å². The molecule has 1 aromatic rings. The number of hydrogen-bond acceptors (Lipinski definition) is 6. The normalized spacial score (nSPS) is 23.8. The van der Waals surface area contributed by atoms with Crippen molar-refractivity contribution >= 4 is 23.4 Å². The van der Waals surface area contributed by atoms with Gasteiger partial charge in [-0.25, -0.2) is 0 Å². The molecule has 0 spiro atoms. The molecule has 0 amide bonds. The molecule has 10 heteroatoms. The molecule has 0 bridgehead atoms. The number of rotatable bonds is 5. The van der Waals surface area contributed by atoms with Crippen LogP contribution < -0.4 is 10.6 Å². The van der Waals surface area contributed by atoms with Gasteiger partial charge in [-0.2, -0.15) is 23.1 Å². The summed E-state index contributed by atoms with van der Waals surface area (Å²) in [5, 5.41) is 23.9. The lowest BCUT2D eigenvalue weighted by atomic mass is 10.1. The molecular weight excluding hydrogens is 349 g/mol. The first-order valence-electron chi connectivity index (χ1n) is 7.13. The number of anilines is 2. The lowest BCUT2D eigenvalue weighted by molar-refractivity contribution is -0.115. The Labute approximate surface area is 141 Å². The number of aromatic nitrogens is 2. The molecule has 1 aliphatic rings. The Bertz CT molecular complexity index is 636. The van der Waals surface area contributed by atoms with Gasteiger partial charge in [-0.3, -0.25) is 0 Å². The molecule has 1 saturated carbocycles. The van der Waals surface area contributed by atoms with E-state index in [4.69, 9.17) is 23.1 Å². The third-order valence-electron chi connectivity index (χ3n) is 3.66. The molecule has 0 saturated heterocycles. The van der Waals surface area contributed by atoms with E-state index in [1.165, 1.54) is 0 Å². The number of aliphatic hydroxyl groups is 2. The van der Waals surface area contributed by atoms with Crippen LogP contribution >= 0.6 is 11.6 Å². The Morgan fingerprint density at radius 1 is 1.33 bits per heavy atom. The lowest BCUT2D eigenvalue weighted by Gasteiger charge is -2.19. The minimum atomic E-state index is -4.44. The van der Waals surface area contributed by atoms with Gasteiger partial charge in [0.1, 0.15) is 17.9 Å². The van der Waals surface area contributed by atoms with Crippen LogP contribution in [-0.4, -0.2) is 51.7 Å². The van der Waals surface area contributed by atoms with E-state index in [2.05, 4.69) is 21.2 Å². The van der Waals surface area contributed by atoms with Crippen LogP contribution in [0.4, 0.5) is 24.9 Å². The van der Waals surface area contributed by atoms with Crippen LogP contribution in [0.1, 0.15) is 18.4 Å². The van der Waals surface area contributed by atoms with E-state index in [9.17, 15) is 18.3 Å². The number of nitrogens with one attached hydrogen (secondary N) is 2. The summed E-state index contributed by atoms with van der Waals surface area (Å²) >= 11 is 5.91. The van der Waals surface area contributed by atoms with Crippen molar-refractivity contribution in [2.24, 2.45) is 5.92 Å². The number of aliphatic hydroxyl groups excluding tert-OH is 2. The third kappa shape index (κ3) is 4.63. The fraction of sp³-hybridized carbons (Fsp3) is 0.571. The van der Waals surface area contributed by atoms with Crippen LogP contribution in [0.2, 0.25) is 5.15 Å². The van der Waals surface area contributed by atoms with Gasteiger partial charge in [0.05, 0.1) is 12.1 Å². The molecule has 6 nitrogen and oxygen atoms in total. The van der Waals surface area contributed by atoms with Gasteiger partial charge in [0.25, 0.3) is 0 Å². The van der Waals surface area contributed by atoms with Crippen LogP contribution in [0.5, 0.6) is 0 Å². The summed E-state index contributed by atoms with van der Waals surface area (Å²) < 4.78 is 36.9. The fourth-order valence-electron chi connectivity index (χ4n) is 2.52. The summed E-state index contributed by atoms with van der Waals surface area (Å²) in [5.74, 6) is 1.93. The third-order valence-corrected chi connectivity index (χ3v) is 3.94. The molecule has 0 aliphatic heterocycles. The SMILES string of the molecule is C#Cc1c(Cl)nc(NCC(F)(F)F)nc1N[C@@H]1C[C@H](CO)C[C@H]1O. The Kier molecular flexibility index (Phi) is 5.74. The lowest BCUT2D eigenvalue weighted by Crippen LogP contribution is -2.29. The molecule has 4 N–H and O–H groups in total. The standard InChI is InChI=1S/C14H16ClF3N4O2/c1-2-8-11(15)21-13(19-6-14(16,17)18)22-12(8)20-9-3-7(5-23)4-10(9)24/h1,7,9-10,23-24H,3-6H2,(H2,19,20,21,22)/t7-,9+,10+/m0/s1. The molecule has 1 aliphatic carbocycles. The molecule has 3 atom stereocenters. The van der Waals surface area contributed by atoms with Crippen molar-refractivity contribution in [1.82, 2.24) is 9.97 Å². The maximum atomic E-state index is 12.3. The van der Waals surface area contributed by atoms with Crippen LogP contribution in [0, 0.1) is 18.3 Å². The minimum absolute atomic E-state index is 0.0600. The number of nitrogens with zero attached hydrogens (tertiary/aromatic N) is 2. The number of hydrogen-bond donors (Lipinski definition) is 4. The summed E-state index contributed by atoms with van der Waals surface area (Å²) in [6.45, 7) is -1.39. The van der Waals surface area contributed by atoms with Gasteiger partial charge < -0.3 is 20.8 Å². The van der Waals surface area contributed by atoms with E-state index >= 15 is 0 Å². The van der Waals surface area contributed by atoms with E-state index in [1.54, 1.807) is 0 Å². The van der Waals surface area contributed by atoms with Crippen molar-refractivity contribution in [2.75, 3.05) is 23.8 Å². The molecule has 1 aromatic heterocycles. The Morgan fingerprint density at radius 2 is 2.04 bits per heavy atom. The molecule has 24 heavy (non-hydrogen) atoms. The second-order valence-electron chi connectivity index (χ2n) is 5.51. The van der Waals surface area contributed by atoms with Gasteiger partial charge in [0.15, 0.2) is 5.15 Å². The van der Waals surface area contributed by atoms with Gasteiger partial charge in [-0.1, -0.05) is 17.5 Å². The van der Waals surface area contributed by atoms with Crippen molar-refractivity contribution in [3.63, 3.8) is 0 Å². The highest BCUT2D eigenvalue weighted by molar-refractivity contribution is 6.31. The topological polar surface area (TPSA) is 90.3 Å². The first-order chi connectivity index (χ1) is 11.2. The largest absolute Gasteiger partial charge is 0.405 e. The molecular formula is C14H16ClF3N4O2. The molecule has 0 unspecified atom stereocenters. The van der Waals surface area contributed by atoms with Gasteiger partial charge in [0.2, 0.25) is 5.95 Å². The van der Waals surface area contributed by atoms with Gasteiger partial charge in [0, 0.05) is 6.61 Å². The molecule has 132 valence electrons. The van der Waals surface area contributed by atoms with Crippen LogP contribution in [0.25, 0.3) is 0 Å². The highest BCUT2D eigenvalue weighted by atomic mass is 35.5. The number of terminal acetylenes is 1. The Morgan fingerprint density at radius 3 is 2.58 bits per heavy atom. The molecule has 0 aromatic carbocycles. The minimum Gasteiger partial charge on any atom is -0.396 e. The van der Waals surface area contributed by atoms with E-state index in [0.29, 0.717) is 12.8 Å². The Balaban J connectivity index is 2.21. The average Bonchev–Trinajstić information content (AvgIpc) is 2.85. The monoisotopic (exact) mass is 364 g/mol. The quantitative estimate of drug-likeness (QED) is 0.469. The van der Waals surface area contributed by atoms with Crippen LogP contribution in [0.3, 0.4) is 0 Å². The van der Waals surface area contributed by atoms with Gasteiger partial charge in [-0.05, 0) is 18.8 Å². The second-order valence-corrected chi connectivity index (χ2v) is 5.87. The zero-order chi connectivity index (χ0) is 17.9. The first-order valence-corrected chi connectivity index (χ1v) is 7.51. The average molecular weight is 365 g/mol. The first kappa shape index (κ1) is 18.6. The van der Waals surface area contributed by atoms with Crippen molar-refractivity contribution in [1.29, 1.82) is 0 Å². The van der Waals surface area contributed by atoms with Gasteiger partial charge >= 0.3 is 6.18 Å². The number of halogens is 4. The summed E-state index contributed by atoms with van der Waals surface area (Å²) in [6, 6.07) is -0.448. The zero-order valence-corrected chi connectivity index (χ0v) is 13.2. The molecule has 0 radical (unpaired) electrons. The molecule has 2 rings (SSSR count). The van der Waals surface area contributed by atoms with Crippen molar-refractivity contribution in [2.45, 2.75) is 31.2 Å².